The van der Waals surface area contributed by atoms with Crippen molar-refractivity contribution in [3.8, 4) is 0 Å². The second-order valence-electron chi connectivity index (χ2n) is 5.55. The predicted molar refractivity (Wildman–Crippen MR) is 83.8 cm³/mol. The summed E-state index contributed by atoms with van der Waals surface area (Å²) in [5.41, 5.74) is 0.784. The number of nitrogens with one attached hydrogen (secondary N) is 1. The third-order valence-electron chi connectivity index (χ3n) is 3.75. The molecule has 2 rings (SSSR count). The van der Waals surface area contributed by atoms with Gasteiger partial charge in [-0.3, -0.25) is 9.52 Å². The summed E-state index contributed by atoms with van der Waals surface area (Å²) >= 11 is 0. The van der Waals surface area contributed by atoms with Crippen LogP contribution in [0, 0.1) is 5.92 Å². The molecular weight excluding hydrogens is 288 g/mol. The Morgan fingerprint density at radius 1 is 1.38 bits per heavy atom. The first-order chi connectivity index (χ1) is 9.93. The van der Waals surface area contributed by atoms with Gasteiger partial charge in [0.05, 0.1) is 17.0 Å². The number of hydrogen-bond acceptors (Lipinski definition) is 3. The first-order valence-electron chi connectivity index (χ1n) is 7.31. The van der Waals surface area contributed by atoms with Gasteiger partial charge in [0.15, 0.2) is 0 Å². The summed E-state index contributed by atoms with van der Waals surface area (Å²) in [7, 11) is -3.39. The van der Waals surface area contributed by atoms with Crippen molar-refractivity contribution in [1.29, 1.82) is 0 Å². The lowest BCUT2D eigenvalue weighted by molar-refractivity contribution is 0.0684. The van der Waals surface area contributed by atoms with Crippen molar-refractivity contribution in [3.63, 3.8) is 0 Å². The molecule has 6 heteroatoms. The van der Waals surface area contributed by atoms with Gasteiger partial charge in [0.2, 0.25) is 10.0 Å². The number of hydrogen-bond donors (Lipinski definition) is 1. The van der Waals surface area contributed by atoms with E-state index in [0.717, 1.165) is 25.9 Å². The van der Waals surface area contributed by atoms with E-state index in [1.807, 2.05) is 4.90 Å². The van der Waals surface area contributed by atoms with Crippen molar-refractivity contribution >= 4 is 21.6 Å². The maximum atomic E-state index is 12.6. The zero-order valence-corrected chi connectivity index (χ0v) is 13.3. The van der Waals surface area contributed by atoms with Crippen LogP contribution in [0.15, 0.2) is 24.3 Å². The van der Waals surface area contributed by atoms with Gasteiger partial charge in [-0.25, -0.2) is 8.42 Å². The molecule has 5 nitrogen and oxygen atoms in total. The molecule has 1 atom stereocenters. The van der Waals surface area contributed by atoms with E-state index in [9.17, 15) is 13.2 Å². The number of nitrogens with zero attached hydrogens (tertiary/aromatic N) is 1. The van der Waals surface area contributed by atoms with Crippen molar-refractivity contribution in [2.24, 2.45) is 5.92 Å². The minimum atomic E-state index is -3.39. The van der Waals surface area contributed by atoms with Crippen molar-refractivity contribution < 1.29 is 13.2 Å². The molecular formula is C15H22N2O3S. The van der Waals surface area contributed by atoms with Crippen LogP contribution in [0.5, 0.6) is 0 Å². The van der Waals surface area contributed by atoms with E-state index >= 15 is 0 Å². The largest absolute Gasteiger partial charge is 0.338 e. The van der Waals surface area contributed by atoms with Gasteiger partial charge < -0.3 is 4.90 Å². The van der Waals surface area contributed by atoms with Crippen molar-refractivity contribution in [1.82, 2.24) is 4.90 Å². The highest BCUT2D eigenvalue weighted by Gasteiger charge is 2.24. The number of anilines is 1. The highest BCUT2D eigenvalue weighted by Crippen LogP contribution is 2.22. The molecule has 1 aliphatic rings. The minimum Gasteiger partial charge on any atom is -0.338 e. The van der Waals surface area contributed by atoms with E-state index in [4.69, 9.17) is 0 Å². The average Bonchev–Trinajstić information content (AvgIpc) is 2.47. The monoisotopic (exact) mass is 310 g/mol. The molecule has 0 radical (unpaired) electrons. The van der Waals surface area contributed by atoms with Gasteiger partial charge in [-0.15, -0.1) is 0 Å². The quantitative estimate of drug-likeness (QED) is 0.928. The fourth-order valence-corrected chi connectivity index (χ4v) is 3.20. The molecule has 0 aromatic heterocycles. The van der Waals surface area contributed by atoms with E-state index in [0.29, 0.717) is 17.2 Å². The molecule has 0 bridgehead atoms. The number of carbonyl (C=O) groups is 1. The Kier molecular flexibility index (Phi) is 4.88. The summed E-state index contributed by atoms with van der Waals surface area (Å²) in [5.74, 6) is 0.370. The SMILES string of the molecule is CCS(=O)(=O)Nc1ccccc1C(=O)N1CCC[C@H](C)C1. The number of piperidine rings is 1. The molecule has 1 amide bonds. The summed E-state index contributed by atoms with van der Waals surface area (Å²) in [6.07, 6.45) is 2.13. The number of sulfonamides is 1. The molecule has 1 fully saturated rings. The second-order valence-corrected chi connectivity index (χ2v) is 7.56. The van der Waals surface area contributed by atoms with Crippen LogP contribution in [0.25, 0.3) is 0 Å². The lowest BCUT2D eigenvalue weighted by Gasteiger charge is -2.31. The number of likely N-dealkylation sites (tertiary alicyclic amines) is 1. The van der Waals surface area contributed by atoms with Crippen molar-refractivity contribution in [2.45, 2.75) is 26.7 Å². The number of rotatable bonds is 4. The number of amides is 1. The molecule has 0 spiro atoms. The molecule has 1 aromatic rings. The van der Waals surface area contributed by atoms with Gasteiger partial charge in [0.1, 0.15) is 0 Å². The van der Waals surface area contributed by atoms with E-state index in [1.165, 1.54) is 0 Å². The third-order valence-corrected chi connectivity index (χ3v) is 5.04. The van der Waals surface area contributed by atoms with E-state index < -0.39 is 10.0 Å². The van der Waals surface area contributed by atoms with Crippen LogP contribution in [-0.4, -0.2) is 38.1 Å². The molecule has 116 valence electrons. The number of para-hydroxylation sites is 1. The average molecular weight is 310 g/mol. The summed E-state index contributed by atoms with van der Waals surface area (Å²) < 4.78 is 26.0. The van der Waals surface area contributed by atoms with Gasteiger partial charge >= 0.3 is 0 Å². The number of carbonyl (C=O) groups excluding carboxylic acids is 1. The van der Waals surface area contributed by atoms with Crippen LogP contribution < -0.4 is 4.72 Å². The second kappa shape index (κ2) is 6.47. The first-order valence-corrected chi connectivity index (χ1v) is 8.97. The van der Waals surface area contributed by atoms with E-state index in [2.05, 4.69) is 11.6 Å². The molecule has 1 aliphatic heterocycles. The summed E-state index contributed by atoms with van der Waals surface area (Å²) in [6.45, 7) is 5.16. The lowest BCUT2D eigenvalue weighted by Crippen LogP contribution is -2.39. The molecule has 0 saturated carbocycles. The zero-order valence-electron chi connectivity index (χ0n) is 12.5. The standard InChI is InChI=1S/C15H22N2O3S/c1-3-21(19,20)16-14-9-5-4-8-13(14)15(18)17-10-6-7-12(2)11-17/h4-5,8-9,12,16H,3,6-7,10-11H2,1-2H3/t12-/m0/s1. The molecule has 1 N–H and O–H groups in total. The summed E-state index contributed by atoms with van der Waals surface area (Å²) in [6, 6.07) is 6.79. The summed E-state index contributed by atoms with van der Waals surface area (Å²) in [4.78, 5) is 14.4. The van der Waals surface area contributed by atoms with Gasteiger partial charge in [-0.2, -0.15) is 0 Å². The normalized spacial score (nSPS) is 19.3. The zero-order chi connectivity index (χ0) is 15.5. The molecule has 1 aromatic carbocycles. The smallest absolute Gasteiger partial charge is 0.255 e. The van der Waals surface area contributed by atoms with Crippen LogP contribution in [0.1, 0.15) is 37.0 Å². The fourth-order valence-electron chi connectivity index (χ4n) is 2.54. The molecule has 0 unspecified atom stereocenters. The van der Waals surface area contributed by atoms with Crippen LogP contribution >= 0.6 is 0 Å². The predicted octanol–water partition coefficient (Wildman–Crippen LogP) is 2.32. The van der Waals surface area contributed by atoms with Crippen LogP contribution in [0.3, 0.4) is 0 Å². The number of benzene rings is 1. The van der Waals surface area contributed by atoms with Gasteiger partial charge in [0, 0.05) is 13.1 Å². The first kappa shape index (κ1) is 15.8. The maximum Gasteiger partial charge on any atom is 0.255 e. The highest BCUT2D eigenvalue weighted by molar-refractivity contribution is 7.92. The van der Waals surface area contributed by atoms with Crippen molar-refractivity contribution in [3.05, 3.63) is 29.8 Å². The minimum absolute atomic E-state index is 0.0176. The van der Waals surface area contributed by atoms with Gasteiger partial charge in [-0.1, -0.05) is 19.1 Å². The van der Waals surface area contributed by atoms with E-state index in [-0.39, 0.29) is 11.7 Å². The topological polar surface area (TPSA) is 66.5 Å². The Bertz CT molecular complexity index is 613. The van der Waals surface area contributed by atoms with Crippen molar-refractivity contribution in [2.75, 3.05) is 23.6 Å². The Morgan fingerprint density at radius 3 is 2.76 bits per heavy atom. The fraction of sp³-hybridized carbons (Fsp3) is 0.533. The summed E-state index contributed by atoms with van der Waals surface area (Å²) in [5, 5.41) is 0. The molecule has 0 aliphatic carbocycles. The van der Waals surface area contributed by atoms with Crippen LogP contribution in [0.4, 0.5) is 5.69 Å². The molecule has 1 saturated heterocycles. The molecule has 21 heavy (non-hydrogen) atoms. The maximum absolute atomic E-state index is 12.6. The van der Waals surface area contributed by atoms with E-state index in [1.54, 1.807) is 31.2 Å². The highest BCUT2D eigenvalue weighted by atomic mass is 32.2. The Hall–Kier alpha value is -1.56. The Morgan fingerprint density at radius 2 is 2.10 bits per heavy atom. The van der Waals surface area contributed by atoms with Crippen LogP contribution in [-0.2, 0) is 10.0 Å². The molecule has 1 heterocycles. The lowest BCUT2D eigenvalue weighted by atomic mass is 9.99. The van der Waals surface area contributed by atoms with Crippen LogP contribution in [0.2, 0.25) is 0 Å². The Labute approximate surface area is 126 Å². The Balaban J connectivity index is 2.25. The third kappa shape index (κ3) is 3.97. The van der Waals surface area contributed by atoms with Gasteiger partial charge in [-0.05, 0) is 37.8 Å². The van der Waals surface area contributed by atoms with Gasteiger partial charge in [0.25, 0.3) is 5.91 Å².